The van der Waals surface area contributed by atoms with Crippen molar-refractivity contribution in [3.05, 3.63) is 0 Å². The number of nitrogens with zero attached hydrogens (tertiary/aromatic N) is 1. The van der Waals surface area contributed by atoms with Crippen molar-refractivity contribution in [2.75, 3.05) is 19.6 Å². The molecule has 0 amide bonds. The number of β-amino-alcohol motifs (C(OH)–C–C–N with tert-alkyl or cyclic N) is 2. The lowest BCUT2D eigenvalue weighted by molar-refractivity contribution is 0.000723. The molecule has 1 saturated heterocycles. The second kappa shape index (κ2) is 5.66. The van der Waals surface area contributed by atoms with Crippen LogP contribution in [-0.4, -0.2) is 58.2 Å². The average molecular weight is 203 g/mol. The molecule has 1 heterocycles. The molecule has 14 heavy (non-hydrogen) atoms. The van der Waals surface area contributed by atoms with Crippen LogP contribution in [0, 0.1) is 0 Å². The third-order valence-corrected chi connectivity index (χ3v) is 2.70. The summed E-state index contributed by atoms with van der Waals surface area (Å²) in [6, 6.07) is 0. The summed E-state index contributed by atoms with van der Waals surface area (Å²) in [4.78, 5) is 2.02. The van der Waals surface area contributed by atoms with E-state index in [1.165, 1.54) is 0 Å². The van der Waals surface area contributed by atoms with Gasteiger partial charge in [0.05, 0.1) is 18.3 Å². The molecule has 84 valence electrons. The van der Waals surface area contributed by atoms with Gasteiger partial charge in [-0.1, -0.05) is 13.3 Å². The Labute approximate surface area is 85.2 Å². The molecule has 0 aromatic rings. The SMILES string of the molecule is CCCCN1C[C@@H](O)C[C@@H](O)[C@@H](O)C1. The van der Waals surface area contributed by atoms with Crippen LogP contribution in [0.1, 0.15) is 26.2 Å². The second-order valence-corrected chi connectivity index (χ2v) is 4.14. The van der Waals surface area contributed by atoms with E-state index in [9.17, 15) is 15.3 Å². The summed E-state index contributed by atoms with van der Waals surface area (Å²) < 4.78 is 0. The zero-order chi connectivity index (χ0) is 10.6. The van der Waals surface area contributed by atoms with Gasteiger partial charge in [-0.15, -0.1) is 0 Å². The summed E-state index contributed by atoms with van der Waals surface area (Å²) in [7, 11) is 0. The van der Waals surface area contributed by atoms with Gasteiger partial charge in [0.25, 0.3) is 0 Å². The van der Waals surface area contributed by atoms with Gasteiger partial charge in [0.15, 0.2) is 0 Å². The first-order valence-electron chi connectivity index (χ1n) is 5.40. The Balaban J connectivity index is 2.43. The number of hydrogen-bond acceptors (Lipinski definition) is 4. The molecule has 1 aliphatic heterocycles. The molecule has 0 unspecified atom stereocenters. The molecule has 0 aromatic carbocycles. The molecule has 0 spiro atoms. The number of aliphatic hydroxyl groups excluding tert-OH is 3. The normalized spacial score (nSPS) is 35.6. The molecule has 3 atom stereocenters. The molecule has 1 aliphatic rings. The number of hydrogen-bond donors (Lipinski definition) is 3. The van der Waals surface area contributed by atoms with E-state index in [0.29, 0.717) is 13.1 Å². The molecule has 4 nitrogen and oxygen atoms in total. The highest BCUT2D eigenvalue weighted by Crippen LogP contribution is 2.12. The lowest BCUT2D eigenvalue weighted by Crippen LogP contribution is -2.37. The number of unbranched alkanes of at least 4 members (excludes halogenated alkanes) is 1. The molecular formula is C10H21NO3. The highest BCUT2D eigenvalue weighted by atomic mass is 16.3. The van der Waals surface area contributed by atoms with E-state index in [0.717, 1.165) is 19.4 Å². The van der Waals surface area contributed by atoms with E-state index in [2.05, 4.69) is 6.92 Å². The maximum absolute atomic E-state index is 9.54. The highest BCUT2D eigenvalue weighted by Gasteiger charge is 2.27. The minimum absolute atomic E-state index is 0.282. The van der Waals surface area contributed by atoms with Gasteiger partial charge in [-0.3, -0.25) is 4.90 Å². The van der Waals surface area contributed by atoms with Crippen LogP contribution in [0.15, 0.2) is 0 Å². The predicted molar refractivity (Wildman–Crippen MR) is 54.0 cm³/mol. The zero-order valence-corrected chi connectivity index (χ0v) is 8.76. The first-order valence-corrected chi connectivity index (χ1v) is 5.40. The highest BCUT2D eigenvalue weighted by molar-refractivity contribution is 4.81. The van der Waals surface area contributed by atoms with Crippen molar-refractivity contribution in [1.82, 2.24) is 4.90 Å². The lowest BCUT2D eigenvalue weighted by Gasteiger charge is -2.22. The van der Waals surface area contributed by atoms with Crippen molar-refractivity contribution in [2.45, 2.75) is 44.5 Å². The zero-order valence-electron chi connectivity index (χ0n) is 8.76. The average Bonchev–Trinajstić information content (AvgIpc) is 2.23. The van der Waals surface area contributed by atoms with Crippen LogP contribution in [0.2, 0.25) is 0 Å². The number of rotatable bonds is 3. The number of aliphatic hydroxyl groups is 3. The van der Waals surface area contributed by atoms with Crippen LogP contribution >= 0.6 is 0 Å². The monoisotopic (exact) mass is 203 g/mol. The fraction of sp³-hybridized carbons (Fsp3) is 1.00. The summed E-state index contributed by atoms with van der Waals surface area (Å²) >= 11 is 0. The van der Waals surface area contributed by atoms with Crippen molar-refractivity contribution in [2.24, 2.45) is 0 Å². The summed E-state index contributed by atoms with van der Waals surface area (Å²) in [5, 5.41) is 28.5. The molecular weight excluding hydrogens is 182 g/mol. The van der Waals surface area contributed by atoms with Crippen LogP contribution in [0.25, 0.3) is 0 Å². The second-order valence-electron chi connectivity index (χ2n) is 4.14. The van der Waals surface area contributed by atoms with Gasteiger partial charge in [-0.25, -0.2) is 0 Å². The molecule has 0 aliphatic carbocycles. The van der Waals surface area contributed by atoms with Gasteiger partial charge in [0.2, 0.25) is 0 Å². The van der Waals surface area contributed by atoms with Gasteiger partial charge in [-0.05, 0) is 13.0 Å². The van der Waals surface area contributed by atoms with Gasteiger partial charge < -0.3 is 15.3 Å². The standard InChI is InChI=1S/C10H21NO3/c1-2-3-4-11-6-8(12)5-9(13)10(14)7-11/h8-10,12-14H,2-7H2,1H3/t8-,9+,10-/m0/s1. The molecule has 0 bridgehead atoms. The van der Waals surface area contributed by atoms with Crippen molar-refractivity contribution in [3.8, 4) is 0 Å². The quantitative estimate of drug-likeness (QED) is 0.582. The van der Waals surface area contributed by atoms with E-state index in [1.807, 2.05) is 4.90 Å². The van der Waals surface area contributed by atoms with E-state index in [1.54, 1.807) is 0 Å². The van der Waals surface area contributed by atoms with Gasteiger partial charge in [0.1, 0.15) is 0 Å². The Kier molecular flexibility index (Phi) is 4.81. The van der Waals surface area contributed by atoms with Crippen molar-refractivity contribution in [3.63, 3.8) is 0 Å². The molecule has 0 saturated carbocycles. The van der Waals surface area contributed by atoms with Crippen LogP contribution < -0.4 is 0 Å². The molecule has 3 N–H and O–H groups in total. The van der Waals surface area contributed by atoms with E-state index >= 15 is 0 Å². The van der Waals surface area contributed by atoms with Crippen LogP contribution in [0.3, 0.4) is 0 Å². The fourth-order valence-corrected chi connectivity index (χ4v) is 1.83. The Morgan fingerprint density at radius 1 is 1.14 bits per heavy atom. The largest absolute Gasteiger partial charge is 0.392 e. The molecule has 0 aromatic heterocycles. The molecule has 1 rings (SSSR count). The first-order chi connectivity index (χ1) is 6.63. The predicted octanol–water partition coefficient (Wildman–Crippen LogP) is -0.425. The van der Waals surface area contributed by atoms with Crippen molar-refractivity contribution in [1.29, 1.82) is 0 Å². The molecule has 4 heteroatoms. The third-order valence-electron chi connectivity index (χ3n) is 2.70. The van der Waals surface area contributed by atoms with Crippen LogP contribution in [0.4, 0.5) is 0 Å². The number of likely N-dealkylation sites (tertiary alicyclic amines) is 1. The Morgan fingerprint density at radius 3 is 2.50 bits per heavy atom. The van der Waals surface area contributed by atoms with E-state index in [-0.39, 0.29) is 6.42 Å². The Hall–Kier alpha value is -0.160. The van der Waals surface area contributed by atoms with Crippen LogP contribution in [-0.2, 0) is 0 Å². The molecule has 1 fully saturated rings. The summed E-state index contributed by atoms with van der Waals surface area (Å²) in [6.45, 7) is 4.03. The van der Waals surface area contributed by atoms with E-state index < -0.39 is 18.3 Å². The van der Waals surface area contributed by atoms with Crippen LogP contribution in [0.5, 0.6) is 0 Å². The lowest BCUT2D eigenvalue weighted by atomic mass is 10.1. The summed E-state index contributed by atoms with van der Waals surface area (Å²) in [6.07, 6.45) is 0.435. The van der Waals surface area contributed by atoms with Crippen molar-refractivity contribution < 1.29 is 15.3 Å². The van der Waals surface area contributed by atoms with Gasteiger partial charge in [0, 0.05) is 19.5 Å². The first kappa shape index (κ1) is 11.9. The summed E-state index contributed by atoms with van der Waals surface area (Å²) in [5.41, 5.74) is 0. The molecule has 0 radical (unpaired) electrons. The van der Waals surface area contributed by atoms with E-state index in [4.69, 9.17) is 0 Å². The summed E-state index contributed by atoms with van der Waals surface area (Å²) in [5.74, 6) is 0. The maximum atomic E-state index is 9.54. The third kappa shape index (κ3) is 3.53. The van der Waals surface area contributed by atoms with Gasteiger partial charge in [-0.2, -0.15) is 0 Å². The van der Waals surface area contributed by atoms with Crippen molar-refractivity contribution >= 4 is 0 Å². The maximum Gasteiger partial charge on any atom is 0.0926 e. The topological polar surface area (TPSA) is 63.9 Å². The van der Waals surface area contributed by atoms with Gasteiger partial charge >= 0.3 is 0 Å². The fourth-order valence-electron chi connectivity index (χ4n) is 1.83. The minimum Gasteiger partial charge on any atom is -0.392 e. The Bertz CT molecular complexity index is 165. The minimum atomic E-state index is -0.781. The Morgan fingerprint density at radius 2 is 1.86 bits per heavy atom. The smallest absolute Gasteiger partial charge is 0.0926 e.